The summed E-state index contributed by atoms with van der Waals surface area (Å²) >= 11 is 0. The fourth-order valence-electron chi connectivity index (χ4n) is 2.75. The molecule has 0 aromatic rings. The van der Waals surface area contributed by atoms with E-state index in [-0.39, 0.29) is 25.2 Å². The normalized spacial score (nSPS) is 15.5. The molecule has 0 bridgehead atoms. The molecular weight excluding hydrogens is 420 g/mol. The zero-order chi connectivity index (χ0) is 24.8. The van der Waals surface area contributed by atoms with Crippen molar-refractivity contribution in [3.8, 4) is 0 Å². The SMILES string of the molecule is CCC(C)C(N)C(=O)NC(CCCCN)C(=O)NC(CCC(N)=O)C(=O)NC(C)C(=O)O. The highest BCUT2D eigenvalue weighted by molar-refractivity contribution is 5.94. The summed E-state index contributed by atoms with van der Waals surface area (Å²) in [5.74, 6) is -3.98. The smallest absolute Gasteiger partial charge is 0.325 e. The van der Waals surface area contributed by atoms with Gasteiger partial charge in [-0.3, -0.25) is 24.0 Å². The molecule has 32 heavy (non-hydrogen) atoms. The minimum absolute atomic E-state index is 0.102. The quantitative estimate of drug-likeness (QED) is 0.132. The number of hydrogen-bond donors (Lipinski definition) is 7. The van der Waals surface area contributed by atoms with Crippen LogP contribution in [0.3, 0.4) is 0 Å². The van der Waals surface area contributed by atoms with Gasteiger partial charge < -0.3 is 38.3 Å². The van der Waals surface area contributed by atoms with Crippen molar-refractivity contribution in [2.75, 3.05) is 6.54 Å². The Morgan fingerprint density at radius 2 is 1.41 bits per heavy atom. The number of amides is 4. The van der Waals surface area contributed by atoms with Gasteiger partial charge in [-0.05, 0) is 45.1 Å². The van der Waals surface area contributed by atoms with Crippen molar-refractivity contribution in [2.45, 2.75) is 83.5 Å². The molecule has 12 heteroatoms. The molecule has 0 heterocycles. The Bertz CT molecular complexity index is 658. The lowest BCUT2D eigenvalue weighted by Crippen LogP contribution is -2.57. The number of primary amides is 1. The van der Waals surface area contributed by atoms with Crippen LogP contribution in [-0.4, -0.2) is 65.4 Å². The van der Waals surface area contributed by atoms with Gasteiger partial charge in [-0.25, -0.2) is 0 Å². The van der Waals surface area contributed by atoms with Crippen molar-refractivity contribution >= 4 is 29.6 Å². The first-order chi connectivity index (χ1) is 14.9. The van der Waals surface area contributed by atoms with Gasteiger partial charge in [0, 0.05) is 6.42 Å². The molecule has 5 unspecified atom stereocenters. The molecule has 0 aliphatic rings. The van der Waals surface area contributed by atoms with Crippen LogP contribution >= 0.6 is 0 Å². The van der Waals surface area contributed by atoms with Crippen LogP contribution in [0.15, 0.2) is 0 Å². The van der Waals surface area contributed by atoms with E-state index in [1.807, 2.05) is 13.8 Å². The molecule has 0 aromatic carbocycles. The van der Waals surface area contributed by atoms with Crippen LogP contribution in [0.25, 0.3) is 0 Å². The van der Waals surface area contributed by atoms with Gasteiger partial charge in [-0.2, -0.15) is 0 Å². The van der Waals surface area contributed by atoms with Gasteiger partial charge >= 0.3 is 5.97 Å². The topological polar surface area (TPSA) is 220 Å². The Labute approximate surface area is 188 Å². The van der Waals surface area contributed by atoms with Crippen LogP contribution in [0.2, 0.25) is 0 Å². The van der Waals surface area contributed by atoms with Crippen molar-refractivity contribution in [1.82, 2.24) is 16.0 Å². The number of carbonyl (C=O) groups is 5. The standard InChI is InChI=1S/C20H38N6O6/c1-4-11(2)16(23)19(30)26-13(7-5-6-10-21)18(29)25-14(8-9-15(22)27)17(28)24-12(3)20(31)32/h11-14,16H,4-10,21,23H2,1-3H3,(H2,22,27)(H,24,28)(H,25,29)(H,26,30)(H,31,32). The van der Waals surface area contributed by atoms with Gasteiger partial charge in [0.2, 0.25) is 23.6 Å². The van der Waals surface area contributed by atoms with E-state index in [1.54, 1.807) is 0 Å². The average molecular weight is 459 g/mol. The summed E-state index contributed by atoms with van der Waals surface area (Å²) in [4.78, 5) is 60.1. The second-order valence-electron chi connectivity index (χ2n) is 7.89. The summed E-state index contributed by atoms with van der Waals surface area (Å²) < 4.78 is 0. The molecule has 184 valence electrons. The molecule has 4 amide bonds. The monoisotopic (exact) mass is 458 g/mol. The Kier molecular flexibility index (Phi) is 13.8. The average Bonchev–Trinajstić information content (AvgIpc) is 2.73. The molecule has 0 aliphatic heterocycles. The summed E-state index contributed by atoms with van der Waals surface area (Å²) in [5, 5.41) is 16.4. The summed E-state index contributed by atoms with van der Waals surface area (Å²) in [6, 6.07) is -4.21. The highest BCUT2D eigenvalue weighted by Crippen LogP contribution is 2.08. The predicted molar refractivity (Wildman–Crippen MR) is 118 cm³/mol. The van der Waals surface area contributed by atoms with E-state index >= 15 is 0 Å². The van der Waals surface area contributed by atoms with E-state index in [0.717, 1.165) is 0 Å². The van der Waals surface area contributed by atoms with Crippen molar-refractivity contribution in [3.63, 3.8) is 0 Å². The second-order valence-corrected chi connectivity index (χ2v) is 7.89. The van der Waals surface area contributed by atoms with E-state index in [9.17, 15) is 24.0 Å². The molecule has 10 N–H and O–H groups in total. The van der Waals surface area contributed by atoms with Gasteiger partial charge in [0.05, 0.1) is 6.04 Å². The summed E-state index contributed by atoms with van der Waals surface area (Å²) in [6.07, 6.45) is 1.77. The van der Waals surface area contributed by atoms with Gasteiger partial charge in [0.25, 0.3) is 0 Å². The zero-order valence-electron chi connectivity index (χ0n) is 19.1. The van der Waals surface area contributed by atoms with Gasteiger partial charge in [0.1, 0.15) is 18.1 Å². The first-order valence-corrected chi connectivity index (χ1v) is 10.8. The number of carboxylic acids is 1. The molecule has 0 radical (unpaired) electrons. The van der Waals surface area contributed by atoms with Crippen molar-refractivity contribution < 1.29 is 29.1 Å². The number of nitrogens with two attached hydrogens (primary N) is 3. The van der Waals surface area contributed by atoms with E-state index in [1.165, 1.54) is 6.92 Å². The third-order valence-corrected chi connectivity index (χ3v) is 5.18. The lowest BCUT2D eigenvalue weighted by Gasteiger charge is -2.25. The van der Waals surface area contributed by atoms with Crippen LogP contribution in [0.5, 0.6) is 0 Å². The van der Waals surface area contributed by atoms with Crippen LogP contribution in [-0.2, 0) is 24.0 Å². The molecule has 12 nitrogen and oxygen atoms in total. The second kappa shape index (κ2) is 15.1. The molecular formula is C20H38N6O6. The lowest BCUT2D eigenvalue weighted by atomic mass is 9.98. The minimum atomic E-state index is -1.26. The zero-order valence-corrected chi connectivity index (χ0v) is 19.1. The Balaban J connectivity index is 5.44. The fraction of sp³-hybridized carbons (Fsp3) is 0.750. The summed E-state index contributed by atoms with van der Waals surface area (Å²) in [6.45, 7) is 5.38. The number of rotatable bonds is 16. The number of carbonyl (C=O) groups excluding carboxylic acids is 4. The molecule has 0 aromatic heterocycles. The molecule has 0 saturated heterocycles. The first kappa shape index (κ1) is 29.3. The van der Waals surface area contributed by atoms with Gasteiger partial charge in [0.15, 0.2) is 0 Å². The Morgan fingerprint density at radius 3 is 1.91 bits per heavy atom. The van der Waals surface area contributed by atoms with E-state index < -0.39 is 53.8 Å². The number of hydrogen-bond acceptors (Lipinski definition) is 7. The number of carboxylic acid groups (broad SMARTS) is 1. The Morgan fingerprint density at radius 1 is 0.875 bits per heavy atom. The molecule has 0 fully saturated rings. The van der Waals surface area contributed by atoms with E-state index in [4.69, 9.17) is 22.3 Å². The number of nitrogens with one attached hydrogen (secondary N) is 3. The maximum absolute atomic E-state index is 12.9. The molecule has 0 spiro atoms. The van der Waals surface area contributed by atoms with Crippen LogP contribution in [0.1, 0.15) is 59.3 Å². The van der Waals surface area contributed by atoms with Crippen LogP contribution in [0.4, 0.5) is 0 Å². The van der Waals surface area contributed by atoms with E-state index in [0.29, 0.717) is 25.8 Å². The van der Waals surface area contributed by atoms with Crippen LogP contribution in [0, 0.1) is 5.92 Å². The molecule has 0 saturated carbocycles. The lowest BCUT2D eigenvalue weighted by molar-refractivity contribution is -0.142. The van der Waals surface area contributed by atoms with Crippen molar-refractivity contribution in [1.29, 1.82) is 0 Å². The molecule has 5 atom stereocenters. The van der Waals surface area contributed by atoms with Gasteiger partial charge in [-0.15, -0.1) is 0 Å². The molecule has 0 aliphatic carbocycles. The van der Waals surface area contributed by atoms with Crippen LogP contribution < -0.4 is 33.2 Å². The highest BCUT2D eigenvalue weighted by Gasteiger charge is 2.30. The number of unbranched alkanes of at least 4 members (excludes halogenated alkanes) is 1. The third kappa shape index (κ3) is 11.0. The third-order valence-electron chi connectivity index (χ3n) is 5.18. The first-order valence-electron chi connectivity index (χ1n) is 10.8. The van der Waals surface area contributed by atoms with Crippen molar-refractivity contribution in [2.24, 2.45) is 23.1 Å². The predicted octanol–water partition coefficient (Wildman–Crippen LogP) is -1.69. The minimum Gasteiger partial charge on any atom is -0.480 e. The van der Waals surface area contributed by atoms with Gasteiger partial charge in [-0.1, -0.05) is 20.3 Å². The van der Waals surface area contributed by atoms with Crippen molar-refractivity contribution in [3.05, 3.63) is 0 Å². The van der Waals surface area contributed by atoms with E-state index in [2.05, 4.69) is 16.0 Å². The Hall–Kier alpha value is -2.73. The maximum Gasteiger partial charge on any atom is 0.325 e. The number of aliphatic carboxylic acids is 1. The highest BCUT2D eigenvalue weighted by atomic mass is 16.4. The largest absolute Gasteiger partial charge is 0.480 e. The fourth-order valence-corrected chi connectivity index (χ4v) is 2.75. The summed E-state index contributed by atoms with van der Waals surface area (Å²) in [7, 11) is 0. The summed E-state index contributed by atoms with van der Waals surface area (Å²) in [5.41, 5.74) is 16.6. The molecule has 0 rings (SSSR count). The maximum atomic E-state index is 12.9.